The summed E-state index contributed by atoms with van der Waals surface area (Å²) in [6, 6.07) is 8.78. The molecule has 0 bridgehead atoms. The quantitative estimate of drug-likeness (QED) is 0.724. The van der Waals surface area contributed by atoms with E-state index in [1.807, 2.05) is 0 Å². The highest BCUT2D eigenvalue weighted by atomic mass is 16.5. The number of carbonyl (C=O) groups excluding carboxylic acids is 1. The van der Waals surface area contributed by atoms with Crippen LogP contribution in [-0.2, 0) is 16.0 Å². The van der Waals surface area contributed by atoms with Crippen molar-refractivity contribution < 1.29 is 9.53 Å². The van der Waals surface area contributed by atoms with Gasteiger partial charge in [-0.3, -0.25) is 4.79 Å². The Bertz CT molecular complexity index is 522. The SMILES string of the molecule is COC(=O)C1(C)C(C)CCC2c3ccccc3CCC21. The summed E-state index contributed by atoms with van der Waals surface area (Å²) in [6.07, 6.45) is 4.52. The molecule has 0 aromatic heterocycles. The molecule has 2 nitrogen and oxygen atoms in total. The third kappa shape index (κ3) is 1.81. The lowest BCUT2D eigenvalue weighted by molar-refractivity contribution is -0.163. The van der Waals surface area contributed by atoms with Gasteiger partial charge in [-0.2, -0.15) is 0 Å². The van der Waals surface area contributed by atoms with E-state index in [4.69, 9.17) is 4.74 Å². The summed E-state index contributed by atoms with van der Waals surface area (Å²) in [7, 11) is 1.53. The molecular weight excluding hydrogens is 248 g/mol. The Morgan fingerprint density at radius 3 is 2.75 bits per heavy atom. The van der Waals surface area contributed by atoms with Gasteiger partial charge in [0, 0.05) is 0 Å². The van der Waals surface area contributed by atoms with Gasteiger partial charge in [-0.1, -0.05) is 31.2 Å². The summed E-state index contributed by atoms with van der Waals surface area (Å²) in [4.78, 5) is 12.4. The second kappa shape index (κ2) is 4.91. The number of methoxy groups -OCH3 is 1. The summed E-state index contributed by atoms with van der Waals surface area (Å²) in [5.74, 6) is 1.34. The highest BCUT2D eigenvalue weighted by Crippen LogP contribution is 2.56. The van der Waals surface area contributed by atoms with Crippen molar-refractivity contribution in [2.24, 2.45) is 17.3 Å². The molecule has 0 radical (unpaired) electrons. The first-order valence-electron chi connectivity index (χ1n) is 7.75. The molecule has 0 heterocycles. The Morgan fingerprint density at radius 2 is 2.00 bits per heavy atom. The van der Waals surface area contributed by atoms with E-state index in [9.17, 15) is 4.79 Å². The number of carbonyl (C=O) groups is 1. The number of fused-ring (bicyclic) bond motifs is 3. The molecule has 1 fully saturated rings. The van der Waals surface area contributed by atoms with Crippen LogP contribution in [0.5, 0.6) is 0 Å². The van der Waals surface area contributed by atoms with Gasteiger partial charge in [0.1, 0.15) is 0 Å². The highest BCUT2D eigenvalue weighted by Gasteiger charge is 2.53. The molecule has 2 aliphatic rings. The van der Waals surface area contributed by atoms with Gasteiger partial charge in [-0.15, -0.1) is 0 Å². The molecule has 1 saturated carbocycles. The number of ether oxygens (including phenoxy) is 1. The monoisotopic (exact) mass is 272 g/mol. The zero-order valence-electron chi connectivity index (χ0n) is 12.7. The second-order valence-electron chi connectivity index (χ2n) is 6.70. The standard InChI is InChI=1S/C18H24O2/c1-12-8-10-15-14-7-5-4-6-13(14)9-11-16(15)18(12,2)17(19)20-3/h4-7,12,15-16H,8-11H2,1-3H3. The molecule has 4 unspecified atom stereocenters. The first kappa shape index (κ1) is 13.7. The number of hydrogen-bond acceptors (Lipinski definition) is 2. The van der Waals surface area contributed by atoms with E-state index in [1.54, 1.807) is 0 Å². The fraction of sp³-hybridized carbons (Fsp3) is 0.611. The van der Waals surface area contributed by atoms with E-state index in [1.165, 1.54) is 24.7 Å². The van der Waals surface area contributed by atoms with E-state index in [-0.39, 0.29) is 11.4 Å². The predicted molar refractivity (Wildman–Crippen MR) is 79.5 cm³/mol. The fourth-order valence-electron chi connectivity index (χ4n) is 4.59. The van der Waals surface area contributed by atoms with Gasteiger partial charge in [0.05, 0.1) is 12.5 Å². The lowest BCUT2D eigenvalue weighted by Crippen LogP contribution is -2.49. The first-order chi connectivity index (χ1) is 9.59. The van der Waals surface area contributed by atoms with Crippen LogP contribution in [0, 0.1) is 17.3 Å². The van der Waals surface area contributed by atoms with Gasteiger partial charge < -0.3 is 4.74 Å². The molecule has 2 aliphatic carbocycles. The Balaban J connectivity index is 2.03. The molecule has 1 aromatic carbocycles. The van der Waals surface area contributed by atoms with Gasteiger partial charge in [0.2, 0.25) is 0 Å². The molecule has 0 amide bonds. The Labute approximate surface area is 121 Å². The lowest BCUT2D eigenvalue weighted by Gasteiger charge is -2.50. The van der Waals surface area contributed by atoms with Crippen LogP contribution in [0.25, 0.3) is 0 Å². The zero-order chi connectivity index (χ0) is 14.3. The van der Waals surface area contributed by atoms with Gasteiger partial charge in [-0.05, 0) is 61.5 Å². The van der Waals surface area contributed by atoms with E-state index < -0.39 is 0 Å². The van der Waals surface area contributed by atoms with Crippen molar-refractivity contribution in [2.75, 3.05) is 7.11 Å². The van der Waals surface area contributed by atoms with Crippen molar-refractivity contribution in [1.29, 1.82) is 0 Å². The third-order valence-corrected chi connectivity index (χ3v) is 5.99. The fourth-order valence-corrected chi connectivity index (χ4v) is 4.59. The minimum absolute atomic E-state index is 0.0147. The van der Waals surface area contributed by atoms with Crippen molar-refractivity contribution in [3.05, 3.63) is 35.4 Å². The van der Waals surface area contributed by atoms with Crippen LogP contribution in [0.4, 0.5) is 0 Å². The maximum absolute atomic E-state index is 12.4. The summed E-state index contributed by atoms with van der Waals surface area (Å²) in [6.45, 7) is 4.35. The van der Waals surface area contributed by atoms with E-state index in [0.29, 0.717) is 17.8 Å². The Morgan fingerprint density at radius 1 is 1.25 bits per heavy atom. The Kier molecular flexibility index (Phi) is 3.35. The number of hydrogen-bond donors (Lipinski definition) is 0. The largest absolute Gasteiger partial charge is 0.469 e. The van der Waals surface area contributed by atoms with Crippen molar-refractivity contribution in [3.63, 3.8) is 0 Å². The first-order valence-corrected chi connectivity index (χ1v) is 7.75. The maximum Gasteiger partial charge on any atom is 0.312 e. The molecule has 2 heteroatoms. The molecule has 3 rings (SSSR count). The Hall–Kier alpha value is -1.31. The molecular formula is C18H24O2. The third-order valence-electron chi connectivity index (χ3n) is 5.99. The number of rotatable bonds is 1. The normalized spacial score (nSPS) is 35.9. The van der Waals surface area contributed by atoms with Gasteiger partial charge in [0.15, 0.2) is 0 Å². The number of aryl methyl sites for hydroxylation is 1. The molecule has 0 N–H and O–H groups in total. The van der Waals surface area contributed by atoms with Crippen molar-refractivity contribution in [1.82, 2.24) is 0 Å². The average molecular weight is 272 g/mol. The maximum atomic E-state index is 12.4. The van der Waals surface area contributed by atoms with Crippen molar-refractivity contribution in [3.8, 4) is 0 Å². The average Bonchev–Trinajstić information content (AvgIpc) is 2.49. The van der Waals surface area contributed by atoms with Crippen LogP contribution < -0.4 is 0 Å². The smallest absolute Gasteiger partial charge is 0.312 e. The minimum Gasteiger partial charge on any atom is -0.469 e. The minimum atomic E-state index is -0.328. The van der Waals surface area contributed by atoms with Crippen molar-refractivity contribution >= 4 is 5.97 Å². The second-order valence-corrected chi connectivity index (χ2v) is 6.70. The summed E-state index contributed by atoms with van der Waals surface area (Å²) >= 11 is 0. The van der Waals surface area contributed by atoms with Gasteiger partial charge in [-0.25, -0.2) is 0 Å². The molecule has 4 atom stereocenters. The van der Waals surface area contributed by atoms with Crippen LogP contribution in [0.2, 0.25) is 0 Å². The van der Waals surface area contributed by atoms with Crippen LogP contribution in [0.15, 0.2) is 24.3 Å². The van der Waals surface area contributed by atoms with Gasteiger partial charge in [0.25, 0.3) is 0 Å². The molecule has 0 saturated heterocycles. The molecule has 20 heavy (non-hydrogen) atoms. The van der Waals surface area contributed by atoms with E-state index in [0.717, 1.165) is 19.3 Å². The lowest BCUT2D eigenvalue weighted by atomic mass is 9.53. The van der Waals surface area contributed by atoms with E-state index >= 15 is 0 Å². The summed E-state index contributed by atoms with van der Waals surface area (Å²) < 4.78 is 5.16. The molecule has 0 spiro atoms. The van der Waals surface area contributed by atoms with Crippen LogP contribution >= 0.6 is 0 Å². The number of esters is 1. The number of benzene rings is 1. The van der Waals surface area contributed by atoms with Crippen LogP contribution in [0.3, 0.4) is 0 Å². The molecule has 0 aliphatic heterocycles. The highest BCUT2D eigenvalue weighted by molar-refractivity contribution is 5.77. The summed E-state index contributed by atoms with van der Waals surface area (Å²) in [5.41, 5.74) is 2.63. The summed E-state index contributed by atoms with van der Waals surface area (Å²) in [5, 5.41) is 0. The van der Waals surface area contributed by atoms with Crippen LogP contribution in [-0.4, -0.2) is 13.1 Å². The topological polar surface area (TPSA) is 26.3 Å². The molecule has 108 valence electrons. The molecule has 1 aromatic rings. The van der Waals surface area contributed by atoms with Crippen LogP contribution in [0.1, 0.15) is 50.2 Å². The van der Waals surface area contributed by atoms with Gasteiger partial charge >= 0.3 is 5.97 Å². The predicted octanol–water partition coefficient (Wildman–Crippen LogP) is 3.94. The van der Waals surface area contributed by atoms with E-state index in [2.05, 4.69) is 38.1 Å². The zero-order valence-corrected chi connectivity index (χ0v) is 12.7. The van der Waals surface area contributed by atoms with Crippen molar-refractivity contribution in [2.45, 2.75) is 45.4 Å².